The molecule has 1 saturated heterocycles. The molecule has 5 nitrogen and oxygen atoms in total. The van der Waals surface area contributed by atoms with E-state index >= 15 is 0 Å². The lowest BCUT2D eigenvalue weighted by Gasteiger charge is -2.14. The molecular formula is C14H23NO4. The summed E-state index contributed by atoms with van der Waals surface area (Å²) in [5, 5.41) is 12.9. The van der Waals surface area contributed by atoms with Crippen molar-refractivity contribution >= 4 is 0 Å². The van der Waals surface area contributed by atoms with Gasteiger partial charge in [-0.15, -0.1) is 0 Å². The van der Waals surface area contributed by atoms with Crippen LogP contribution in [0.1, 0.15) is 24.4 Å². The van der Waals surface area contributed by atoms with Crippen LogP contribution < -0.4 is 5.32 Å². The lowest BCUT2D eigenvalue weighted by molar-refractivity contribution is -0.0165. The highest BCUT2D eigenvalue weighted by atomic mass is 16.5. The Hall–Kier alpha value is -0.880. The van der Waals surface area contributed by atoms with Crippen LogP contribution in [0.5, 0.6) is 0 Å². The summed E-state index contributed by atoms with van der Waals surface area (Å²) >= 11 is 0. The van der Waals surface area contributed by atoms with Crippen LogP contribution in [-0.4, -0.2) is 43.7 Å². The first-order chi connectivity index (χ1) is 9.24. The molecule has 1 aromatic heterocycles. The molecule has 0 radical (unpaired) electrons. The van der Waals surface area contributed by atoms with Crippen molar-refractivity contribution in [2.24, 2.45) is 0 Å². The maximum Gasteiger partial charge on any atom is 0.117 e. The molecule has 0 aliphatic carbocycles. The molecule has 1 aliphatic rings. The van der Waals surface area contributed by atoms with Crippen molar-refractivity contribution < 1.29 is 19.0 Å². The van der Waals surface area contributed by atoms with Crippen molar-refractivity contribution in [3.05, 3.63) is 23.7 Å². The lowest BCUT2D eigenvalue weighted by Crippen LogP contribution is -2.31. The molecule has 2 N–H and O–H groups in total. The van der Waals surface area contributed by atoms with Crippen LogP contribution in [0.3, 0.4) is 0 Å². The second-order valence-corrected chi connectivity index (χ2v) is 4.97. The van der Waals surface area contributed by atoms with Gasteiger partial charge < -0.3 is 24.3 Å². The highest BCUT2D eigenvalue weighted by Crippen LogP contribution is 2.11. The Bertz CT molecular complexity index is 360. The third-order valence-corrected chi connectivity index (χ3v) is 3.11. The summed E-state index contributed by atoms with van der Waals surface area (Å²) in [5.41, 5.74) is 0. The minimum Gasteiger partial charge on any atom is -0.465 e. The Labute approximate surface area is 113 Å². The molecule has 1 aliphatic heterocycles. The van der Waals surface area contributed by atoms with E-state index in [1.54, 1.807) is 0 Å². The van der Waals surface area contributed by atoms with Gasteiger partial charge in [-0.25, -0.2) is 0 Å². The SMILES string of the molecule is Cc1ccc(CNCC(O)COCC2CCCO2)o1. The standard InChI is InChI=1S/C14H23NO4/c1-11-4-5-13(19-11)8-15-7-12(16)9-17-10-14-3-2-6-18-14/h4-5,12,14-16H,2-3,6-10H2,1H3. The first kappa shape index (κ1) is 14.5. The molecule has 0 aromatic carbocycles. The summed E-state index contributed by atoms with van der Waals surface area (Å²) < 4.78 is 16.3. The van der Waals surface area contributed by atoms with Gasteiger partial charge in [-0.1, -0.05) is 0 Å². The number of rotatable bonds is 8. The molecule has 1 fully saturated rings. The van der Waals surface area contributed by atoms with E-state index in [9.17, 15) is 5.11 Å². The van der Waals surface area contributed by atoms with Gasteiger partial charge in [0.05, 0.1) is 32.0 Å². The van der Waals surface area contributed by atoms with Crippen molar-refractivity contribution in [3.8, 4) is 0 Å². The summed E-state index contributed by atoms with van der Waals surface area (Å²) in [6.07, 6.45) is 1.89. The zero-order valence-electron chi connectivity index (χ0n) is 11.4. The van der Waals surface area contributed by atoms with Crippen molar-refractivity contribution in [1.82, 2.24) is 5.32 Å². The smallest absolute Gasteiger partial charge is 0.117 e. The van der Waals surface area contributed by atoms with Crippen molar-refractivity contribution in [3.63, 3.8) is 0 Å². The van der Waals surface area contributed by atoms with Crippen molar-refractivity contribution in [2.75, 3.05) is 26.4 Å². The zero-order valence-corrected chi connectivity index (χ0v) is 11.4. The van der Waals surface area contributed by atoms with Gasteiger partial charge in [0.15, 0.2) is 0 Å². The average molecular weight is 269 g/mol. The second-order valence-electron chi connectivity index (χ2n) is 4.97. The summed E-state index contributed by atoms with van der Waals surface area (Å²) in [6, 6.07) is 3.86. The number of hydrogen-bond acceptors (Lipinski definition) is 5. The van der Waals surface area contributed by atoms with Crippen molar-refractivity contribution in [1.29, 1.82) is 0 Å². The number of aliphatic hydroxyl groups excluding tert-OH is 1. The Morgan fingerprint density at radius 1 is 1.53 bits per heavy atom. The van der Waals surface area contributed by atoms with E-state index in [4.69, 9.17) is 13.9 Å². The molecule has 108 valence electrons. The molecule has 2 unspecified atom stereocenters. The van der Waals surface area contributed by atoms with Crippen LogP contribution in [0.4, 0.5) is 0 Å². The fourth-order valence-electron chi connectivity index (χ4n) is 2.11. The maximum atomic E-state index is 9.75. The van der Waals surface area contributed by atoms with Crippen LogP contribution in [0.2, 0.25) is 0 Å². The minimum atomic E-state index is -0.502. The number of aliphatic hydroxyl groups is 1. The van der Waals surface area contributed by atoms with Crippen LogP contribution in [0.25, 0.3) is 0 Å². The monoisotopic (exact) mass is 269 g/mol. The first-order valence-electron chi connectivity index (χ1n) is 6.87. The number of nitrogens with one attached hydrogen (secondary N) is 1. The normalized spacial score (nSPS) is 20.8. The summed E-state index contributed by atoms with van der Waals surface area (Å²) in [6.45, 7) is 4.78. The second kappa shape index (κ2) is 7.65. The highest BCUT2D eigenvalue weighted by molar-refractivity contribution is 5.05. The van der Waals surface area contributed by atoms with E-state index in [1.807, 2.05) is 19.1 Å². The third-order valence-electron chi connectivity index (χ3n) is 3.11. The van der Waals surface area contributed by atoms with Crippen LogP contribution in [-0.2, 0) is 16.0 Å². The van der Waals surface area contributed by atoms with E-state index in [-0.39, 0.29) is 6.10 Å². The fraction of sp³-hybridized carbons (Fsp3) is 0.714. The lowest BCUT2D eigenvalue weighted by atomic mass is 10.2. The summed E-state index contributed by atoms with van der Waals surface area (Å²) in [4.78, 5) is 0. The van der Waals surface area contributed by atoms with Gasteiger partial charge in [-0.3, -0.25) is 0 Å². The molecule has 0 spiro atoms. The summed E-state index contributed by atoms with van der Waals surface area (Å²) in [7, 11) is 0. The quantitative estimate of drug-likeness (QED) is 0.743. The van der Waals surface area contributed by atoms with Gasteiger partial charge >= 0.3 is 0 Å². The van der Waals surface area contributed by atoms with Gasteiger partial charge in [0.1, 0.15) is 11.5 Å². The zero-order chi connectivity index (χ0) is 13.5. The molecule has 5 heteroatoms. The van der Waals surface area contributed by atoms with Crippen LogP contribution >= 0.6 is 0 Å². The number of aryl methyl sites for hydroxylation is 1. The Balaban J connectivity index is 1.50. The van der Waals surface area contributed by atoms with Gasteiger partial charge in [0.2, 0.25) is 0 Å². The Kier molecular flexibility index (Phi) is 5.85. The van der Waals surface area contributed by atoms with Gasteiger partial charge in [-0.05, 0) is 31.9 Å². The summed E-state index contributed by atoms with van der Waals surface area (Å²) in [5.74, 6) is 1.78. The largest absolute Gasteiger partial charge is 0.465 e. The van der Waals surface area contributed by atoms with Gasteiger partial charge in [0.25, 0.3) is 0 Å². The van der Waals surface area contributed by atoms with Crippen LogP contribution in [0.15, 0.2) is 16.5 Å². The molecule has 0 amide bonds. The molecule has 1 aromatic rings. The van der Waals surface area contributed by atoms with E-state index in [2.05, 4.69) is 5.32 Å². The maximum absolute atomic E-state index is 9.75. The molecule has 2 rings (SSSR count). The van der Waals surface area contributed by atoms with Gasteiger partial charge in [0, 0.05) is 13.2 Å². The van der Waals surface area contributed by atoms with E-state index < -0.39 is 6.10 Å². The predicted octanol–water partition coefficient (Wildman–Crippen LogP) is 1.23. The predicted molar refractivity (Wildman–Crippen MR) is 71.0 cm³/mol. The number of hydrogen-bond donors (Lipinski definition) is 2. The molecular weight excluding hydrogens is 246 g/mol. The Morgan fingerprint density at radius 3 is 3.11 bits per heavy atom. The molecule has 0 saturated carbocycles. The van der Waals surface area contributed by atoms with E-state index in [0.717, 1.165) is 31.0 Å². The third kappa shape index (κ3) is 5.32. The topological polar surface area (TPSA) is 63.9 Å². The van der Waals surface area contributed by atoms with Crippen LogP contribution in [0, 0.1) is 6.92 Å². The Morgan fingerprint density at radius 2 is 2.42 bits per heavy atom. The molecule has 0 bridgehead atoms. The van der Waals surface area contributed by atoms with E-state index in [1.165, 1.54) is 0 Å². The molecule has 2 heterocycles. The first-order valence-corrected chi connectivity index (χ1v) is 6.87. The minimum absolute atomic E-state index is 0.214. The highest BCUT2D eigenvalue weighted by Gasteiger charge is 2.16. The fourth-order valence-corrected chi connectivity index (χ4v) is 2.11. The van der Waals surface area contributed by atoms with E-state index in [0.29, 0.717) is 26.3 Å². The molecule has 19 heavy (non-hydrogen) atoms. The molecule has 2 atom stereocenters. The number of furan rings is 1. The van der Waals surface area contributed by atoms with Crippen molar-refractivity contribution in [2.45, 2.75) is 38.5 Å². The van der Waals surface area contributed by atoms with Gasteiger partial charge in [-0.2, -0.15) is 0 Å². The average Bonchev–Trinajstić information content (AvgIpc) is 3.01. The number of ether oxygens (including phenoxy) is 2.